The van der Waals surface area contributed by atoms with E-state index in [1.54, 1.807) is 0 Å². The van der Waals surface area contributed by atoms with Crippen LogP contribution in [0.4, 0.5) is 0 Å². The molecule has 1 unspecified atom stereocenters. The second-order valence-corrected chi connectivity index (χ2v) is 19.9. The largest absolute Gasteiger partial charge is 0.462 e. The number of carbonyl (C=O) groups excluding carboxylic acids is 3. The number of rotatable bonds is 54. The Kier molecular flexibility index (Phi) is 56.8. The van der Waals surface area contributed by atoms with Gasteiger partial charge < -0.3 is 14.2 Å². The maximum Gasteiger partial charge on any atom is 0.306 e. The Morgan fingerprint density at radius 1 is 0.292 bits per heavy atom. The van der Waals surface area contributed by atoms with Crippen LogP contribution in [0.25, 0.3) is 0 Å². The monoisotopic (exact) mass is 1000 g/mol. The van der Waals surface area contributed by atoms with Crippen molar-refractivity contribution in [2.24, 2.45) is 0 Å². The molecule has 0 aliphatic rings. The van der Waals surface area contributed by atoms with Gasteiger partial charge in [-0.2, -0.15) is 0 Å². The first-order valence-electron chi connectivity index (χ1n) is 30.2. The van der Waals surface area contributed by atoms with E-state index in [0.717, 1.165) is 122 Å². The van der Waals surface area contributed by atoms with Gasteiger partial charge in [0.05, 0.1) is 0 Å². The molecule has 0 bridgehead atoms. The van der Waals surface area contributed by atoms with Crippen molar-refractivity contribution in [1.82, 2.24) is 0 Å². The second kappa shape index (κ2) is 59.9. The van der Waals surface area contributed by atoms with E-state index in [1.807, 2.05) is 0 Å². The summed E-state index contributed by atoms with van der Waals surface area (Å²) in [5.74, 6) is -0.914. The van der Waals surface area contributed by atoms with Gasteiger partial charge in [-0.1, -0.05) is 240 Å². The summed E-state index contributed by atoms with van der Waals surface area (Å²) >= 11 is 0. The minimum atomic E-state index is -0.793. The van der Waals surface area contributed by atoms with Crippen LogP contribution in [0.15, 0.2) is 97.2 Å². The van der Waals surface area contributed by atoms with Crippen molar-refractivity contribution in [3.63, 3.8) is 0 Å². The van der Waals surface area contributed by atoms with Crippen molar-refractivity contribution >= 4 is 17.9 Å². The van der Waals surface area contributed by atoms with Crippen molar-refractivity contribution < 1.29 is 28.6 Å². The number of hydrogen-bond acceptors (Lipinski definition) is 6. The third kappa shape index (κ3) is 57.2. The minimum absolute atomic E-state index is 0.0900. The highest BCUT2D eigenvalue weighted by molar-refractivity contribution is 5.71. The molecule has 6 nitrogen and oxygen atoms in total. The van der Waals surface area contributed by atoms with Gasteiger partial charge in [0.15, 0.2) is 6.10 Å². The van der Waals surface area contributed by atoms with Crippen LogP contribution in [-0.2, 0) is 28.6 Å². The zero-order chi connectivity index (χ0) is 52.2. The molecule has 0 aliphatic heterocycles. The Bertz CT molecular complexity index is 1430. The fourth-order valence-corrected chi connectivity index (χ4v) is 8.26. The standard InChI is InChI=1S/C66H112O6/c1-4-7-10-13-16-19-22-25-27-29-31-33-35-37-39-41-44-47-50-53-56-59-65(68)71-62-63(61-70-64(67)58-55-52-49-46-43-24-21-18-15-12-9-6-3)72-66(69)60-57-54-51-48-45-42-40-38-36-34-32-30-28-26-23-20-17-14-11-8-5-2/h7,10,16,18-19,21,23,25-27,30-33,36,38,63H,4-6,8-9,11-15,17,20,22,24,28-29,34-35,37,39-62H2,1-3H3/b10-7-,19-16-,21-18-,26-23-,27-25-,32-30-,33-31-,38-36-. The van der Waals surface area contributed by atoms with Gasteiger partial charge in [-0.25, -0.2) is 0 Å². The molecule has 1 atom stereocenters. The molecular weight excluding hydrogens is 889 g/mol. The van der Waals surface area contributed by atoms with E-state index in [9.17, 15) is 14.4 Å². The number of esters is 3. The molecular formula is C66H112O6. The van der Waals surface area contributed by atoms with Gasteiger partial charge in [-0.15, -0.1) is 0 Å². The van der Waals surface area contributed by atoms with Gasteiger partial charge in [0.1, 0.15) is 13.2 Å². The summed E-state index contributed by atoms with van der Waals surface area (Å²) in [4.78, 5) is 38.2. The van der Waals surface area contributed by atoms with Crippen molar-refractivity contribution in [3.05, 3.63) is 97.2 Å². The first-order chi connectivity index (χ1) is 35.5. The molecule has 0 rings (SSSR count). The van der Waals surface area contributed by atoms with Crippen LogP contribution >= 0.6 is 0 Å². The zero-order valence-electron chi connectivity index (χ0n) is 47.2. The highest BCUT2D eigenvalue weighted by Gasteiger charge is 2.19. The maximum atomic E-state index is 12.9. The van der Waals surface area contributed by atoms with E-state index in [-0.39, 0.29) is 31.1 Å². The van der Waals surface area contributed by atoms with E-state index in [2.05, 4.69) is 118 Å². The first kappa shape index (κ1) is 68.3. The number of hydrogen-bond donors (Lipinski definition) is 0. The summed E-state index contributed by atoms with van der Waals surface area (Å²) in [7, 11) is 0. The second-order valence-electron chi connectivity index (χ2n) is 19.9. The first-order valence-corrected chi connectivity index (χ1v) is 30.2. The van der Waals surface area contributed by atoms with Crippen molar-refractivity contribution in [3.8, 4) is 0 Å². The molecule has 72 heavy (non-hydrogen) atoms. The highest BCUT2D eigenvalue weighted by Crippen LogP contribution is 2.15. The molecule has 0 aromatic heterocycles. The van der Waals surface area contributed by atoms with Crippen LogP contribution in [0.2, 0.25) is 0 Å². The fraction of sp³-hybridized carbons (Fsp3) is 0.712. The molecule has 0 radical (unpaired) electrons. The quantitative estimate of drug-likeness (QED) is 0.0261. The molecule has 0 amide bonds. The fourth-order valence-electron chi connectivity index (χ4n) is 8.26. The van der Waals surface area contributed by atoms with Crippen molar-refractivity contribution in [2.75, 3.05) is 13.2 Å². The zero-order valence-corrected chi connectivity index (χ0v) is 47.2. The summed E-state index contributed by atoms with van der Waals surface area (Å²) in [6.07, 6.45) is 79.7. The van der Waals surface area contributed by atoms with Gasteiger partial charge in [0.25, 0.3) is 0 Å². The molecule has 0 aromatic carbocycles. The molecule has 0 saturated carbocycles. The molecule has 0 aromatic rings. The molecule has 0 heterocycles. The molecule has 412 valence electrons. The van der Waals surface area contributed by atoms with E-state index < -0.39 is 6.10 Å². The number of carbonyl (C=O) groups is 3. The predicted molar refractivity (Wildman–Crippen MR) is 311 cm³/mol. The normalized spacial score (nSPS) is 12.8. The van der Waals surface area contributed by atoms with Gasteiger partial charge in [-0.05, 0) is 122 Å². The molecule has 0 fully saturated rings. The van der Waals surface area contributed by atoms with E-state index in [4.69, 9.17) is 14.2 Å². The number of unbranched alkanes of at least 4 members (excludes halogenated alkanes) is 27. The summed E-state index contributed by atoms with van der Waals surface area (Å²) in [5, 5.41) is 0. The van der Waals surface area contributed by atoms with Crippen LogP contribution in [0.3, 0.4) is 0 Å². The summed E-state index contributed by atoms with van der Waals surface area (Å²) in [6.45, 7) is 6.48. The van der Waals surface area contributed by atoms with E-state index >= 15 is 0 Å². The number of allylic oxidation sites excluding steroid dienone is 16. The van der Waals surface area contributed by atoms with Gasteiger partial charge in [-0.3, -0.25) is 14.4 Å². The molecule has 0 saturated heterocycles. The molecule has 6 heteroatoms. The summed E-state index contributed by atoms with van der Waals surface area (Å²) < 4.78 is 16.9. The lowest BCUT2D eigenvalue weighted by atomic mass is 10.1. The Morgan fingerprint density at radius 3 is 0.889 bits per heavy atom. The van der Waals surface area contributed by atoms with Crippen LogP contribution in [0.1, 0.15) is 284 Å². The lowest BCUT2D eigenvalue weighted by molar-refractivity contribution is -0.167. The molecule has 0 spiro atoms. The smallest absolute Gasteiger partial charge is 0.306 e. The number of ether oxygens (including phenoxy) is 3. The third-order valence-electron chi connectivity index (χ3n) is 12.8. The predicted octanol–water partition coefficient (Wildman–Crippen LogP) is 20.5. The van der Waals surface area contributed by atoms with Crippen LogP contribution in [0.5, 0.6) is 0 Å². The van der Waals surface area contributed by atoms with E-state index in [0.29, 0.717) is 19.3 Å². The average Bonchev–Trinajstić information content (AvgIpc) is 3.38. The Labute approximate surface area is 445 Å². The summed E-state index contributed by atoms with van der Waals surface area (Å²) in [5.41, 5.74) is 0. The minimum Gasteiger partial charge on any atom is -0.462 e. The van der Waals surface area contributed by atoms with Crippen molar-refractivity contribution in [2.45, 2.75) is 290 Å². The van der Waals surface area contributed by atoms with Crippen LogP contribution < -0.4 is 0 Å². The van der Waals surface area contributed by atoms with E-state index in [1.165, 1.54) is 122 Å². The summed E-state index contributed by atoms with van der Waals surface area (Å²) in [6, 6.07) is 0. The van der Waals surface area contributed by atoms with Crippen molar-refractivity contribution in [1.29, 1.82) is 0 Å². The topological polar surface area (TPSA) is 78.9 Å². The lowest BCUT2D eigenvalue weighted by Crippen LogP contribution is -2.30. The Balaban J connectivity index is 4.39. The van der Waals surface area contributed by atoms with Gasteiger partial charge >= 0.3 is 17.9 Å². The average molecular weight is 1000 g/mol. The molecule has 0 aliphatic carbocycles. The highest BCUT2D eigenvalue weighted by atomic mass is 16.6. The Morgan fingerprint density at radius 2 is 0.542 bits per heavy atom. The Hall–Kier alpha value is -3.67. The SMILES string of the molecule is CC/C=C\C/C=C\C/C=C\C/C=C\CCCCCCCCCCC(=O)OCC(COC(=O)CCCCCCC/C=C\CCCCC)OC(=O)CCCCCCCC/C=C\C/C=C\C/C=C\CCCCCCC. The van der Waals surface area contributed by atoms with Crippen LogP contribution in [0, 0.1) is 0 Å². The maximum absolute atomic E-state index is 12.9. The van der Waals surface area contributed by atoms with Gasteiger partial charge in [0.2, 0.25) is 0 Å². The molecule has 0 N–H and O–H groups in total. The lowest BCUT2D eigenvalue weighted by Gasteiger charge is -2.18. The van der Waals surface area contributed by atoms with Gasteiger partial charge in [0, 0.05) is 19.3 Å². The third-order valence-corrected chi connectivity index (χ3v) is 12.8. The van der Waals surface area contributed by atoms with Crippen LogP contribution in [-0.4, -0.2) is 37.2 Å².